The van der Waals surface area contributed by atoms with Gasteiger partial charge in [0.15, 0.2) is 11.5 Å². The largest absolute Gasteiger partial charge is 0.493 e. The summed E-state index contributed by atoms with van der Waals surface area (Å²) in [5.41, 5.74) is 0. The third-order valence-corrected chi connectivity index (χ3v) is 5.24. The van der Waals surface area contributed by atoms with Crippen molar-refractivity contribution in [2.45, 2.75) is 44.7 Å². The molecular formula is C20H29N3O4. The van der Waals surface area contributed by atoms with Gasteiger partial charge in [-0.25, -0.2) is 4.79 Å². The average Bonchev–Trinajstić information content (AvgIpc) is 3.20. The molecule has 7 heteroatoms. The molecule has 1 aromatic carbocycles. The summed E-state index contributed by atoms with van der Waals surface area (Å²) in [6.45, 7) is 3.56. The van der Waals surface area contributed by atoms with Gasteiger partial charge in [-0.05, 0) is 31.9 Å². The topological polar surface area (TPSA) is 71.1 Å². The third-order valence-electron chi connectivity index (χ3n) is 5.24. The number of methoxy groups -OCH3 is 1. The van der Waals surface area contributed by atoms with E-state index in [1.807, 2.05) is 36.1 Å². The Bertz CT molecular complexity index is 660. The van der Waals surface area contributed by atoms with Crippen molar-refractivity contribution in [2.75, 3.05) is 33.4 Å². The zero-order chi connectivity index (χ0) is 19.2. The lowest BCUT2D eigenvalue weighted by atomic mass is 10.2. The van der Waals surface area contributed by atoms with Gasteiger partial charge < -0.3 is 24.6 Å². The van der Waals surface area contributed by atoms with E-state index < -0.39 is 0 Å². The van der Waals surface area contributed by atoms with Crippen LogP contribution in [0.5, 0.6) is 11.5 Å². The van der Waals surface area contributed by atoms with Crippen LogP contribution in [0.2, 0.25) is 0 Å². The molecule has 7 nitrogen and oxygen atoms in total. The smallest absolute Gasteiger partial charge is 0.318 e. The quantitative estimate of drug-likeness (QED) is 0.828. The molecule has 1 saturated carbocycles. The molecule has 27 heavy (non-hydrogen) atoms. The van der Waals surface area contributed by atoms with Crippen LogP contribution in [-0.4, -0.2) is 67.2 Å². The van der Waals surface area contributed by atoms with Crippen molar-refractivity contribution < 1.29 is 19.1 Å². The second kappa shape index (κ2) is 8.97. The van der Waals surface area contributed by atoms with Gasteiger partial charge in [0.05, 0.1) is 13.2 Å². The molecule has 1 aliphatic heterocycles. The van der Waals surface area contributed by atoms with Gasteiger partial charge in [-0.1, -0.05) is 25.0 Å². The zero-order valence-corrected chi connectivity index (χ0v) is 16.1. The number of urea groups is 1. The number of hydrogen-bond donors (Lipinski definition) is 1. The molecule has 2 aliphatic rings. The monoisotopic (exact) mass is 375 g/mol. The summed E-state index contributed by atoms with van der Waals surface area (Å²) in [4.78, 5) is 28.5. The molecule has 0 spiro atoms. The van der Waals surface area contributed by atoms with Crippen molar-refractivity contribution in [3.8, 4) is 11.5 Å². The normalized spacial score (nSPS) is 19.1. The molecule has 3 amide bonds. The summed E-state index contributed by atoms with van der Waals surface area (Å²) in [7, 11) is 1.59. The number of carbonyl (C=O) groups is 2. The number of benzene rings is 1. The Morgan fingerprint density at radius 3 is 2.59 bits per heavy atom. The Kier molecular flexibility index (Phi) is 6.42. The van der Waals surface area contributed by atoms with Gasteiger partial charge in [0, 0.05) is 19.1 Å². The van der Waals surface area contributed by atoms with Gasteiger partial charge in [0.1, 0.15) is 13.2 Å². The molecule has 1 unspecified atom stereocenters. The predicted octanol–water partition coefficient (Wildman–Crippen LogP) is 2.26. The van der Waals surface area contributed by atoms with Gasteiger partial charge in [-0.15, -0.1) is 0 Å². The number of carbonyl (C=O) groups excluding carboxylic acids is 2. The molecule has 1 aliphatic carbocycles. The van der Waals surface area contributed by atoms with Crippen LogP contribution < -0.4 is 14.8 Å². The van der Waals surface area contributed by atoms with Crippen LogP contribution in [0, 0.1) is 0 Å². The molecule has 1 N–H and O–H groups in total. The average molecular weight is 375 g/mol. The molecule has 3 rings (SSSR count). The van der Waals surface area contributed by atoms with Crippen molar-refractivity contribution in [2.24, 2.45) is 0 Å². The van der Waals surface area contributed by atoms with Crippen molar-refractivity contribution in [3.05, 3.63) is 24.3 Å². The van der Waals surface area contributed by atoms with Crippen molar-refractivity contribution in [1.82, 2.24) is 15.1 Å². The summed E-state index contributed by atoms with van der Waals surface area (Å²) >= 11 is 0. The van der Waals surface area contributed by atoms with Crippen LogP contribution in [0.4, 0.5) is 4.79 Å². The zero-order valence-electron chi connectivity index (χ0n) is 16.1. The first-order chi connectivity index (χ1) is 13.1. The second-order valence-electron chi connectivity index (χ2n) is 7.26. The lowest BCUT2D eigenvalue weighted by Crippen LogP contribution is -2.57. The highest BCUT2D eigenvalue weighted by atomic mass is 16.5. The molecule has 1 heterocycles. The Balaban J connectivity index is 1.45. The number of rotatable bonds is 6. The number of amides is 3. The number of para-hydroxylation sites is 2. The summed E-state index contributed by atoms with van der Waals surface area (Å²) < 4.78 is 11.0. The van der Waals surface area contributed by atoms with Crippen LogP contribution in [0.15, 0.2) is 24.3 Å². The second-order valence-corrected chi connectivity index (χ2v) is 7.26. The molecule has 0 bridgehead atoms. The lowest BCUT2D eigenvalue weighted by molar-refractivity contribution is -0.137. The van der Waals surface area contributed by atoms with E-state index >= 15 is 0 Å². The number of nitrogens with one attached hydrogen (secondary N) is 1. The van der Waals surface area contributed by atoms with Crippen LogP contribution in [0.3, 0.4) is 0 Å². The number of piperazine rings is 1. The maximum Gasteiger partial charge on any atom is 0.318 e. The highest BCUT2D eigenvalue weighted by Gasteiger charge is 2.33. The predicted molar refractivity (Wildman–Crippen MR) is 102 cm³/mol. The highest BCUT2D eigenvalue weighted by Crippen LogP contribution is 2.26. The van der Waals surface area contributed by atoms with Crippen LogP contribution >= 0.6 is 0 Å². The fourth-order valence-electron chi connectivity index (χ4n) is 3.76. The first-order valence-corrected chi connectivity index (χ1v) is 9.69. The third kappa shape index (κ3) is 4.84. The first-order valence-electron chi connectivity index (χ1n) is 9.69. The van der Waals surface area contributed by atoms with E-state index in [0.717, 1.165) is 12.8 Å². The van der Waals surface area contributed by atoms with Crippen LogP contribution in [0.25, 0.3) is 0 Å². The fourth-order valence-corrected chi connectivity index (χ4v) is 3.76. The number of hydrogen-bond acceptors (Lipinski definition) is 4. The Morgan fingerprint density at radius 1 is 1.22 bits per heavy atom. The maximum atomic E-state index is 12.5. The molecule has 1 aromatic rings. The standard InChI is InChI=1S/C20H29N3O4/c1-15(14-27-18-10-6-5-9-17(18)26-2)21-20(25)22-11-12-23(19(24)13-22)16-7-3-4-8-16/h5-6,9-10,15-16H,3-4,7-8,11-14H2,1-2H3,(H,21,25). The molecular weight excluding hydrogens is 346 g/mol. The van der Waals surface area contributed by atoms with Gasteiger partial charge >= 0.3 is 6.03 Å². The summed E-state index contributed by atoms with van der Waals surface area (Å²) in [6.07, 6.45) is 4.58. The molecule has 0 aromatic heterocycles. The SMILES string of the molecule is COc1ccccc1OCC(C)NC(=O)N1CCN(C2CCCC2)C(=O)C1. The van der Waals surface area contributed by atoms with E-state index in [1.54, 1.807) is 12.0 Å². The van der Waals surface area contributed by atoms with Crippen molar-refractivity contribution >= 4 is 11.9 Å². The minimum atomic E-state index is -0.217. The van der Waals surface area contributed by atoms with Gasteiger partial charge in [0.25, 0.3) is 0 Å². The van der Waals surface area contributed by atoms with Crippen molar-refractivity contribution in [3.63, 3.8) is 0 Å². The molecule has 148 valence electrons. The lowest BCUT2D eigenvalue weighted by Gasteiger charge is -2.38. The molecule has 1 atom stereocenters. The van der Waals surface area contributed by atoms with Gasteiger partial charge in [-0.2, -0.15) is 0 Å². The number of nitrogens with zero attached hydrogens (tertiary/aromatic N) is 2. The van der Waals surface area contributed by atoms with Gasteiger partial charge in [0.2, 0.25) is 5.91 Å². The number of ether oxygens (including phenoxy) is 2. The highest BCUT2D eigenvalue weighted by molar-refractivity contribution is 5.85. The molecule has 1 saturated heterocycles. The van der Waals surface area contributed by atoms with Crippen molar-refractivity contribution in [1.29, 1.82) is 0 Å². The van der Waals surface area contributed by atoms with Crippen LogP contribution in [0.1, 0.15) is 32.6 Å². The fraction of sp³-hybridized carbons (Fsp3) is 0.600. The van der Waals surface area contributed by atoms with E-state index in [2.05, 4.69) is 5.32 Å². The van der Waals surface area contributed by atoms with Crippen LogP contribution in [-0.2, 0) is 4.79 Å². The molecule has 0 radical (unpaired) electrons. The van der Waals surface area contributed by atoms with E-state index in [-0.39, 0.29) is 24.5 Å². The van der Waals surface area contributed by atoms with E-state index in [1.165, 1.54) is 12.8 Å². The Morgan fingerprint density at radius 2 is 1.93 bits per heavy atom. The Hall–Kier alpha value is -2.44. The maximum absolute atomic E-state index is 12.5. The Labute approximate surface area is 160 Å². The summed E-state index contributed by atoms with van der Waals surface area (Å²) in [6, 6.07) is 7.37. The van der Waals surface area contributed by atoms with E-state index in [9.17, 15) is 9.59 Å². The minimum Gasteiger partial charge on any atom is -0.493 e. The minimum absolute atomic E-state index is 0.0567. The van der Waals surface area contributed by atoms with Gasteiger partial charge in [-0.3, -0.25) is 4.79 Å². The molecule has 2 fully saturated rings. The summed E-state index contributed by atoms with van der Waals surface area (Å²) in [5.74, 6) is 1.35. The van der Waals surface area contributed by atoms with E-state index in [4.69, 9.17) is 9.47 Å². The first kappa shape index (κ1) is 19.3. The summed E-state index contributed by atoms with van der Waals surface area (Å²) in [5, 5.41) is 2.91. The van der Waals surface area contributed by atoms with E-state index in [0.29, 0.717) is 37.2 Å².